The molecule has 0 unspecified atom stereocenters. The summed E-state index contributed by atoms with van der Waals surface area (Å²) in [6.45, 7) is 0. The van der Waals surface area contributed by atoms with Crippen LogP contribution in [0.1, 0.15) is 25.7 Å². The molecule has 0 atom stereocenters. The molecular weight excluding hydrogens is 192 g/mol. The van der Waals surface area contributed by atoms with Crippen LogP contribution in [0.3, 0.4) is 0 Å². The average Bonchev–Trinajstić information content (AvgIpc) is 2.02. The van der Waals surface area contributed by atoms with Crippen molar-refractivity contribution in [2.45, 2.75) is 31.8 Å². The van der Waals surface area contributed by atoms with E-state index in [1.54, 1.807) is 0 Å². The van der Waals surface area contributed by atoms with E-state index in [0.29, 0.717) is 25.7 Å². The van der Waals surface area contributed by atoms with Crippen molar-refractivity contribution < 1.29 is 13.5 Å². The first-order chi connectivity index (χ1) is 5.97. The van der Waals surface area contributed by atoms with Crippen molar-refractivity contribution in [3.8, 4) is 0 Å². The highest BCUT2D eigenvalue weighted by atomic mass is 32.2. The molecule has 1 aliphatic carbocycles. The number of nitrogens with zero attached hydrogens (tertiary/aromatic N) is 1. The Hall–Kier alpha value is -0.620. The Balaban J connectivity index is 2.45. The minimum Gasteiger partial charge on any atom is -0.393 e. The lowest BCUT2D eigenvalue weighted by atomic mass is 9.96. The Kier molecular flexibility index (Phi) is 3.27. The zero-order valence-corrected chi connectivity index (χ0v) is 8.34. The first-order valence-corrected chi connectivity index (χ1v) is 6.07. The summed E-state index contributed by atoms with van der Waals surface area (Å²) in [5.41, 5.74) is 0.815. The van der Waals surface area contributed by atoms with Gasteiger partial charge in [0, 0.05) is 5.71 Å². The number of sulfonamides is 1. The molecule has 76 valence electrons. The molecule has 0 amide bonds. The van der Waals surface area contributed by atoms with E-state index >= 15 is 0 Å². The van der Waals surface area contributed by atoms with E-state index in [4.69, 9.17) is 5.11 Å². The number of nitrogens with one attached hydrogen (secondary N) is 1. The second kappa shape index (κ2) is 4.06. The van der Waals surface area contributed by atoms with Gasteiger partial charge in [-0.2, -0.15) is 5.10 Å². The summed E-state index contributed by atoms with van der Waals surface area (Å²) >= 11 is 0. The molecule has 0 aromatic carbocycles. The van der Waals surface area contributed by atoms with E-state index in [0.717, 1.165) is 12.0 Å². The van der Waals surface area contributed by atoms with Gasteiger partial charge in [-0.1, -0.05) is 0 Å². The molecule has 0 aromatic rings. The molecular formula is C7H14N2O3S. The largest absolute Gasteiger partial charge is 0.393 e. The van der Waals surface area contributed by atoms with E-state index in [2.05, 4.69) is 9.93 Å². The minimum absolute atomic E-state index is 0.253. The van der Waals surface area contributed by atoms with Crippen molar-refractivity contribution in [2.75, 3.05) is 6.26 Å². The van der Waals surface area contributed by atoms with Gasteiger partial charge in [-0.15, -0.1) is 0 Å². The van der Waals surface area contributed by atoms with E-state index in [-0.39, 0.29) is 6.10 Å². The number of aliphatic hydroxyl groups excluding tert-OH is 1. The summed E-state index contributed by atoms with van der Waals surface area (Å²) < 4.78 is 21.3. The van der Waals surface area contributed by atoms with E-state index in [9.17, 15) is 8.42 Å². The van der Waals surface area contributed by atoms with Crippen LogP contribution in [0.2, 0.25) is 0 Å². The van der Waals surface area contributed by atoms with Crippen molar-refractivity contribution in [1.29, 1.82) is 0 Å². The fourth-order valence-electron chi connectivity index (χ4n) is 1.20. The molecule has 13 heavy (non-hydrogen) atoms. The smallest absolute Gasteiger partial charge is 0.244 e. The Labute approximate surface area is 77.9 Å². The molecule has 1 aliphatic rings. The van der Waals surface area contributed by atoms with Crippen LogP contribution >= 0.6 is 0 Å². The van der Waals surface area contributed by atoms with Crippen LogP contribution in [0.15, 0.2) is 5.10 Å². The summed E-state index contributed by atoms with van der Waals surface area (Å²) in [6.07, 6.45) is 3.49. The first kappa shape index (κ1) is 10.5. The highest BCUT2D eigenvalue weighted by Crippen LogP contribution is 2.15. The quantitative estimate of drug-likeness (QED) is 0.615. The average molecular weight is 206 g/mol. The van der Waals surface area contributed by atoms with Gasteiger partial charge in [0.25, 0.3) is 0 Å². The summed E-state index contributed by atoms with van der Waals surface area (Å²) in [4.78, 5) is 2.08. The van der Waals surface area contributed by atoms with Gasteiger partial charge in [0.2, 0.25) is 10.0 Å². The van der Waals surface area contributed by atoms with Gasteiger partial charge < -0.3 is 5.11 Å². The Morgan fingerprint density at radius 3 is 2.46 bits per heavy atom. The predicted octanol–water partition coefficient (Wildman–Crippen LogP) is -0.174. The van der Waals surface area contributed by atoms with Crippen molar-refractivity contribution in [2.24, 2.45) is 5.10 Å². The van der Waals surface area contributed by atoms with Crippen molar-refractivity contribution in [3.05, 3.63) is 0 Å². The van der Waals surface area contributed by atoms with Crippen molar-refractivity contribution in [1.82, 2.24) is 4.83 Å². The Morgan fingerprint density at radius 1 is 1.46 bits per heavy atom. The minimum atomic E-state index is -3.24. The standard InChI is InChI=1S/C7H14N2O3S/c1-13(11,12)9-8-6-2-4-7(10)5-3-6/h7,9-10H,2-5H2,1H3. The molecule has 0 heterocycles. The molecule has 0 aliphatic heterocycles. The van der Waals surface area contributed by atoms with Crippen molar-refractivity contribution >= 4 is 15.7 Å². The second-order valence-electron chi connectivity index (χ2n) is 3.27. The molecule has 5 nitrogen and oxygen atoms in total. The number of rotatable bonds is 2. The van der Waals surface area contributed by atoms with Crippen LogP contribution in [-0.2, 0) is 10.0 Å². The first-order valence-electron chi connectivity index (χ1n) is 4.17. The van der Waals surface area contributed by atoms with Crippen LogP contribution in [0, 0.1) is 0 Å². The molecule has 1 rings (SSSR count). The zero-order chi connectivity index (χ0) is 9.90. The molecule has 1 fully saturated rings. The van der Waals surface area contributed by atoms with Gasteiger partial charge in [0.1, 0.15) is 0 Å². The lowest BCUT2D eigenvalue weighted by Gasteiger charge is -2.17. The highest BCUT2D eigenvalue weighted by Gasteiger charge is 2.15. The maximum Gasteiger partial charge on any atom is 0.244 e. The summed E-state index contributed by atoms with van der Waals surface area (Å²) in [6, 6.07) is 0. The normalized spacial score (nSPS) is 24.2. The summed E-state index contributed by atoms with van der Waals surface area (Å²) in [5, 5.41) is 12.9. The van der Waals surface area contributed by atoms with Gasteiger partial charge in [0.05, 0.1) is 12.4 Å². The molecule has 2 N–H and O–H groups in total. The van der Waals surface area contributed by atoms with E-state index in [1.165, 1.54) is 0 Å². The third-order valence-corrected chi connectivity index (χ3v) is 2.32. The lowest BCUT2D eigenvalue weighted by molar-refractivity contribution is 0.152. The van der Waals surface area contributed by atoms with Crippen LogP contribution in [0.4, 0.5) is 0 Å². The fraction of sp³-hybridized carbons (Fsp3) is 0.857. The molecule has 0 aromatic heterocycles. The number of hydrogen-bond donors (Lipinski definition) is 2. The monoisotopic (exact) mass is 206 g/mol. The topological polar surface area (TPSA) is 78.8 Å². The maximum absolute atomic E-state index is 10.7. The molecule has 1 saturated carbocycles. The molecule has 6 heteroatoms. The molecule has 0 saturated heterocycles. The molecule has 0 spiro atoms. The van der Waals surface area contributed by atoms with E-state index in [1.807, 2.05) is 0 Å². The van der Waals surface area contributed by atoms with Gasteiger partial charge in [-0.25, -0.2) is 13.2 Å². The zero-order valence-electron chi connectivity index (χ0n) is 7.52. The SMILES string of the molecule is CS(=O)(=O)NN=C1CCC(O)CC1. The van der Waals surface area contributed by atoms with Crippen LogP contribution in [0.25, 0.3) is 0 Å². The maximum atomic E-state index is 10.7. The van der Waals surface area contributed by atoms with Gasteiger partial charge >= 0.3 is 0 Å². The fourth-order valence-corrected chi connectivity index (χ4v) is 1.49. The summed E-state index contributed by atoms with van der Waals surface area (Å²) in [7, 11) is -3.24. The third kappa shape index (κ3) is 4.23. The van der Waals surface area contributed by atoms with Gasteiger partial charge in [-0.3, -0.25) is 0 Å². The van der Waals surface area contributed by atoms with Crippen LogP contribution in [0.5, 0.6) is 0 Å². The number of hydrazone groups is 1. The van der Waals surface area contributed by atoms with Crippen LogP contribution in [-0.4, -0.2) is 31.6 Å². The highest BCUT2D eigenvalue weighted by molar-refractivity contribution is 7.88. The third-order valence-electron chi connectivity index (χ3n) is 1.90. The van der Waals surface area contributed by atoms with Gasteiger partial charge in [0.15, 0.2) is 0 Å². The van der Waals surface area contributed by atoms with Gasteiger partial charge in [-0.05, 0) is 25.7 Å². The Morgan fingerprint density at radius 2 is 2.00 bits per heavy atom. The molecule has 0 radical (unpaired) electrons. The second-order valence-corrected chi connectivity index (χ2v) is 5.00. The summed E-state index contributed by atoms with van der Waals surface area (Å²) in [5.74, 6) is 0. The Bertz CT molecular complexity index is 287. The predicted molar refractivity (Wildman–Crippen MR) is 49.9 cm³/mol. The lowest BCUT2D eigenvalue weighted by Crippen LogP contribution is -2.22. The van der Waals surface area contributed by atoms with Crippen LogP contribution < -0.4 is 4.83 Å². The number of aliphatic hydroxyl groups is 1. The number of hydrogen-bond acceptors (Lipinski definition) is 4. The van der Waals surface area contributed by atoms with Crippen molar-refractivity contribution in [3.63, 3.8) is 0 Å². The molecule has 0 bridgehead atoms. The van der Waals surface area contributed by atoms with E-state index < -0.39 is 10.0 Å².